The van der Waals surface area contributed by atoms with Crippen molar-refractivity contribution < 1.29 is 17.7 Å². The summed E-state index contributed by atoms with van der Waals surface area (Å²) in [4.78, 5) is 4.84. The Balaban J connectivity index is 1.72. The van der Waals surface area contributed by atoms with Gasteiger partial charge in [-0.2, -0.15) is 0 Å². The molecular formula is C19H27FN3O2S2+. The number of benzene rings is 1. The van der Waals surface area contributed by atoms with Gasteiger partial charge in [0, 0.05) is 5.69 Å². The number of rotatable bonds is 7. The monoisotopic (exact) mass is 412 g/mol. The van der Waals surface area contributed by atoms with Gasteiger partial charge in [-0.3, -0.25) is 0 Å². The van der Waals surface area contributed by atoms with Crippen LogP contribution in [0.15, 0.2) is 41.8 Å². The van der Waals surface area contributed by atoms with Crippen molar-refractivity contribution in [1.29, 1.82) is 0 Å². The molecule has 0 aliphatic carbocycles. The highest BCUT2D eigenvalue weighted by Crippen LogP contribution is 2.21. The van der Waals surface area contributed by atoms with Crippen molar-refractivity contribution >= 4 is 27.0 Å². The molecule has 1 aromatic carbocycles. The van der Waals surface area contributed by atoms with E-state index in [0.717, 1.165) is 31.9 Å². The molecule has 1 fully saturated rings. The SMILES string of the molecule is CCS(=O)(=O)N[C@@H](C)[C@@H](c1cccs1)[NH+]1CCN(c2ccc(F)cc2)CC1. The number of anilines is 1. The summed E-state index contributed by atoms with van der Waals surface area (Å²) in [6, 6.07) is 10.6. The summed E-state index contributed by atoms with van der Waals surface area (Å²) in [7, 11) is -3.26. The smallest absolute Gasteiger partial charge is 0.211 e. The summed E-state index contributed by atoms with van der Waals surface area (Å²) in [6.07, 6.45) is 0. The van der Waals surface area contributed by atoms with E-state index >= 15 is 0 Å². The van der Waals surface area contributed by atoms with Crippen molar-refractivity contribution in [3.8, 4) is 0 Å². The first-order valence-electron chi connectivity index (χ1n) is 9.28. The molecule has 1 aliphatic heterocycles. The zero-order chi connectivity index (χ0) is 19.4. The number of quaternary nitrogens is 1. The number of nitrogens with zero attached hydrogens (tertiary/aromatic N) is 1. The van der Waals surface area contributed by atoms with Gasteiger partial charge in [0.1, 0.15) is 11.9 Å². The number of piperazine rings is 1. The molecule has 0 spiro atoms. The molecule has 8 heteroatoms. The molecule has 0 radical (unpaired) electrons. The zero-order valence-corrected chi connectivity index (χ0v) is 17.3. The van der Waals surface area contributed by atoms with Gasteiger partial charge < -0.3 is 9.80 Å². The summed E-state index contributed by atoms with van der Waals surface area (Å²) in [5, 5.41) is 2.04. The van der Waals surface area contributed by atoms with Gasteiger partial charge in [-0.05, 0) is 49.6 Å². The van der Waals surface area contributed by atoms with Crippen LogP contribution in [-0.2, 0) is 10.0 Å². The van der Waals surface area contributed by atoms with Crippen LogP contribution in [0.1, 0.15) is 24.8 Å². The van der Waals surface area contributed by atoms with E-state index in [4.69, 9.17) is 0 Å². The Bertz CT molecular complexity index is 817. The predicted molar refractivity (Wildman–Crippen MR) is 108 cm³/mol. The normalized spacial score (nSPS) is 18.4. The second-order valence-corrected chi connectivity index (χ2v) is 9.95. The van der Waals surface area contributed by atoms with Crippen molar-refractivity contribution in [3.63, 3.8) is 0 Å². The number of sulfonamides is 1. The maximum Gasteiger partial charge on any atom is 0.211 e. The van der Waals surface area contributed by atoms with E-state index in [1.165, 1.54) is 21.9 Å². The molecule has 0 amide bonds. The van der Waals surface area contributed by atoms with Gasteiger partial charge in [-0.15, -0.1) is 11.3 Å². The fourth-order valence-corrected chi connectivity index (χ4v) is 5.58. The summed E-state index contributed by atoms with van der Waals surface area (Å²) < 4.78 is 40.1. The van der Waals surface area contributed by atoms with Gasteiger partial charge in [0.05, 0.1) is 42.9 Å². The van der Waals surface area contributed by atoms with Crippen molar-refractivity contribution in [2.24, 2.45) is 0 Å². The Hall–Kier alpha value is -1.48. The molecular weight excluding hydrogens is 385 g/mol. The number of thiophene rings is 1. The van der Waals surface area contributed by atoms with Crippen LogP contribution in [0.3, 0.4) is 0 Å². The molecule has 0 saturated carbocycles. The van der Waals surface area contributed by atoms with Gasteiger partial charge in [0.2, 0.25) is 10.0 Å². The molecule has 2 heterocycles. The highest BCUT2D eigenvalue weighted by Gasteiger charge is 2.35. The number of halogens is 1. The fourth-order valence-electron chi connectivity index (χ4n) is 3.72. The van der Waals surface area contributed by atoms with Crippen molar-refractivity contribution in [2.75, 3.05) is 36.8 Å². The molecule has 2 aromatic rings. The highest BCUT2D eigenvalue weighted by atomic mass is 32.2. The van der Waals surface area contributed by atoms with Crippen LogP contribution < -0.4 is 14.5 Å². The molecule has 5 nitrogen and oxygen atoms in total. The summed E-state index contributed by atoms with van der Waals surface area (Å²) in [5.74, 6) is -0.139. The standard InChI is InChI=1S/C19H26FN3O2S2/c1-3-27(24,25)21-15(2)19(18-5-4-14-26-18)23-12-10-22(11-13-23)17-8-6-16(20)7-9-17/h4-9,14-15,19,21H,3,10-13H2,1-2H3/p+1/t15-,19-/m0/s1. The number of nitrogens with one attached hydrogen (secondary N) is 2. The third kappa shape index (κ3) is 5.07. The molecule has 1 saturated heterocycles. The second-order valence-electron chi connectivity index (χ2n) is 6.92. The summed E-state index contributed by atoms with van der Waals surface area (Å²) in [6.45, 7) is 7.13. The molecule has 3 rings (SSSR count). The van der Waals surface area contributed by atoms with Crippen molar-refractivity contribution in [1.82, 2.24) is 4.72 Å². The average Bonchev–Trinajstić information content (AvgIpc) is 3.17. The first kappa shape index (κ1) is 20.3. The Morgan fingerprint density at radius 1 is 1.22 bits per heavy atom. The van der Waals surface area contributed by atoms with Gasteiger partial charge in [0.15, 0.2) is 0 Å². The van der Waals surface area contributed by atoms with E-state index in [9.17, 15) is 12.8 Å². The Labute approximate surface area is 164 Å². The molecule has 27 heavy (non-hydrogen) atoms. The van der Waals surface area contributed by atoms with Crippen molar-refractivity contribution in [3.05, 3.63) is 52.5 Å². The lowest BCUT2D eigenvalue weighted by Crippen LogP contribution is -3.16. The topological polar surface area (TPSA) is 53.9 Å². The summed E-state index contributed by atoms with van der Waals surface area (Å²) >= 11 is 1.67. The van der Waals surface area contributed by atoms with Crippen LogP contribution in [-0.4, -0.2) is 46.4 Å². The minimum Gasteiger partial charge on any atom is -0.360 e. The van der Waals surface area contributed by atoms with Crippen LogP contribution in [0.4, 0.5) is 10.1 Å². The number of hydrogen-bond acceptors (Lipinski definition) is 4. The van der Waals surface area contributed by atoms with Crippen LogP contribution in [0, 0.1) is 5.82 Å². The average molecular weight is 413 g/mol. The lowest BCUT2D eigenvalue weighted by atomic mass is 10.1. The van der Waals surface area contributed by atoms with Gasteiger partial charge in [-0.1, -0.05) is 6.07 Å². The van der Waals surface area contributed by atoms with Crippen LogP contribution in [0.25, 0.3) is 0 Å². The van der Waals surface area contributed by atoms with E-state index < -0.39 is 10.0 Å². The molecule has 1 aromatic heterocycles. The van der Waals surface area contributed by atoms with E-state index in [2.05, 4.69) is 15.7 Å². The predicted octanol–water partition coefficient (Wildman–Crippen LogP) is 1.66. The van der Waals surface area contributed by atoms with Crippen LogP contribution in [0.5, 0.6) is 0 Å². The lowest BCUT2D eigenvalue weighted by Gasteiger charge is -2.39. The molecule has 148 valence electrons. The van der Waals surface area contributed by atoms with E-state index in [0.29, 0.717) is 0 Å². The highest BCUT2D eigenvalue weighted by molar-refractivity contribution is 7.89. The van der Waals surface area contributed by atoms with E-state index in [-0.39, 0.29) is 23.7 Å². The molecule has 2 N–H and O–H groups in total. The Kier molecular flexibility index (Phi) is 6.52. The minimum atomic E-state index is -3.26. The summed E-state index contributed by atoms with van der Waals surface area (Å²) in [5.41, 5.74) is 1.03. The first-order valence-corrected chi connectivity index (χ1v) is 11.8. The van der Waals surface area contributed by atoms with Crippen LogP contribution >= 0.6 is 11.3 Å². The van der Waals surface area contributed by atoms with Gasteiger partial charge >= 0.3 is 0 Å². The Morgan fingerprint density at radius 3 is 2.44 bits per heavy atom. The minimum absolute atomic E-state index is 0.0849. The number of hydrogen-bond donors (Lipinski definition) is 2. The molecule has 0 bridgehead atoms. The van der Waals surface area contributed by atoms with Gasteiger partial charge in [-0.25, -0.2) is 17.5 Å². The van der Waals surface area contributed by atoms with E-state index in [1.807, 2.05) is 30.5 Å². The quantitative estimate of drug-likeness (QED) is 0.727. The third-order valence-corrected chi connectivity index (χ3v) is 7.58. The maximum atomic E-state index is 13.2. The van der Waals surface area contributed by atoms with E-state index in [1.54, 1.807) is 18.3 Å². The zero-order valence-electron chi connectivity index (χ0n) is 15.7. The largest absolute Gasteiger partial charge is 0.360 e. The molecule has 1 aliphatic rings. The third-order valence-electron chi connectivity index (χ3n) is 5.13. The maximum absolute atomic E-state index is 13.2. The second kappa shape index (κ2) is 8.68. The van der Waals surface area contributed by atoms with Gasteiger partial charge in [0.25, 0.3) is 0 Å². The van der Waals surface area contributed by atoms with Crippen molar-refractivity contribution in [2.45, 2.75) is 25.9 Å². The Morgan fingerprint density at radius 2 is 1.89 bits per heavy atom. The lowest BCUT2D eigenvalue weighted by molar-refractivity contribution is -0.933. The first-order chi connectivity index (χ1) is 12.9. The molecule has 0 unspecified atom stereocenters. The molecule has 2 atom stereocenters. The van der Waals surface area contributed by atoms with Crippen LogP contribution in [0.2, 0.25) is 0 Å². The fraction of sp³-hybridized carbons (Fsp3) is 0.474.